The van der Waals surface area contributed by atoms with E-state index in [0.717, 1.165) is 68.2 Å². The molecule has 5 rings (SSSR count). The molecular weight excluding hydrogens is 545 g/mol. The summed E-state index contributed by atoms with van der Waals surface area (Å²) < 4.78 is 41.8. The molecule has 0 radical (unpaired) electrons. The van der Waals surface area contributed by atoms with Gasteiger partial charge in [-0.3, -0.25) is 14.5 Å². The van der Waals surface area contributed by atoms with Crippen LogP contribution in [0.25, 0.3) is 0 Å². The number of nitrogens with zero attached hydrogens (tertiary/aromatic N) is 3. The van der Waals surface area contributed by atoms with Gasteiger partial charge in [0, 0.05) is 56.6 Å². The first-order valence-electron chi connectivity index (χ1n) is 13.8. The number of rotatable bonds is 6. The number of alkyl halides is 3. The monoisotopic (exact) mass is 578 g/mol. The fourth-order valence-corrected chi connectivity index (χ4v) is 6.20. The lowest BCUT2D eigenvalue weighted by molar-refractivity contribution is -0.262. The number of aliphatic hydroxyl groups is 1. The second-order valence-electron chi connectivity index (χ2n) is 10.9. The third kappa shape index (κ3) is 5.66. The Labute approximate surface area is 236 Å². The van der Waals surface area contributed by atoms with E-state index in [9.17, 15) is 27.9 Å². The third-order valence-corrected chi connectivity index (χ3v) is 8.62. The maximum Gasteiger partial charge on any atom is 0.430 e. The normalized spacial score (nSPS) is 21.0. The molecule has 3 aliphatic heterocycles. The summed E-state index contributed by atoms with van der Waals surface area (Å²) in [5.41, 5.74) is -2.70. The number of hydrogen-bond donors (Lipinski definition) is 2. The summed E-state index contributed by atoms with van der Waals surface area (Å²) in [5, 5.41) is 14.5. The van der Waals surface area contributed by atoms with Crippen molar-refractivity contribution in [3.05, 3.63) is 64.7 Å². The Balaban J connectivity index is 1.12. The summed E-state index contributed by atoms with van der Waals surface area (Å²) in [4.78, 5) is 31.0. The van der Waals surface area contributed by atoms with Crippen molar-refractivity contribution in [1.29, 1.82) is 0 Å². The van der Waals surface area contributed by atoms with Crippen LogP contribution in [0.2, 0.25) is 5.02 Å². The lowest BCUT2D eigenvalue weighted by Gasteiger charge is -2.48. The summed E-state index contributed by atoms with van der Waals surface area (Å²) in [5.74, 6) is -1.36. The molecule has 0 spiro atoms. The van der Waals surface area contributed by atoms with Gasteiger partial charge in [-0.05, 0) is 50.3 Å². The Bertz CT molecular complexity index is 1210. The number of anilines is 1. The Hall–Kier alpha value is -2.82. The molecule has 7 nitrogen and oxygen atoms in total. The van der Waals surface area contributed by atoms with E-state index in [1.54, 1.807) is 12.1 Å². The van der Waals surface area contributed by atoms with Gasteiger partial charge in [0.25, 0.3) is 17.4 Å². The van der Waals surface area contributed by atoms with Gasteiger partial charge in [-0.15, -0.1) is 0 Å². The molecule has 2 aromatic carbocycles. The van der Waals surface area contributed by atoms with Crippen molar-refractivity contribution >= 4 is 29.1 Å². The Morgan fingerprint density at radius 1 is 0.900 bits per heavy atom. The van der Waals surface area contributed by atoms with E-state index in [0.29, 0.717) is 23.4 Å². The maximum atomic E-state index is 13.9. The number of benzene rings is 2. The Morgan fingerprint density at radius 2 is 1.55 bits per heavy atom. The number of amides is 2. The van der Waals surface area contributed by atoms with Gasteiger partial charge in [-0.25, -0.2) is 0 Å². The standard InChI is InChI=1S/C29H34ClF3N4O3/c30-25-17-21(9-10-24(25)26(38)35-13-5-2-6-14-35)34-22-18-37(19-22)23-11-15-36(16-12-23)27(39)28(40,29(31,32)33)20-7-3-1-4-8-20/h1,3-4,7-10,17,22-23,34,40H,2,5-6,11-16,18-19H2/t28-/m1/s1. The third-order valence-electron chi connectivity index (χ3n) is 8.30. The number of halogens is 4. The molecule has 3 aliphatic rings. The molecule has 0 unspecified atom stereocenters. The molecule has 216 valence electrons. The van der Waals surface area contributed by atoms with Gasteiger partial charge in [0.2, 0.25) is 0 Å². The first-order valence-corrected chi connectivity index (χ1v) is 14.2. The second kappa shape index (κ2) is 11.6. The molecule has 0 bridgehead atoms. The van der Waals surface area contributed by atoms with Gasteiger partial charge in [0.15, 0.2) is 0 Å². The SMILES string of the molecule is O=C(c1ccc(NC2CN(C3CCN(C(=O)[C@](O)(c4ccccc4)C(F)(F)F)CC3)C2)cc1Cl)N1CCCCC1. The molecule has 3 heterocycles. The van der Waals surface area contributed by atoms with Crippen molar-refractivity contribution in [3.63, 3.8) is 0 Å². The van der Waals surface area contributed by atoms with Crippen molar-refractivity contribution < 1.29 is 27.9 Å². The smallest absolute Gasteiger partial charge is 0.380 e. The van der Waals surface area contributed by atoms with E-state index in [1.165, 1.54) is 18.2 Å². The summed E-state index contributed by atoms with van der Waals surface area (Å²) in [6.07, 6.45) is -0.910. The lowest BCUT2D eigenvalue weighted by atomic mass is 9.89. The van der Waals surface area contributed by atoms with Gasteiger partial charge >= 0.3 is 6.18 Å². The number of carbonyl (C=O) groups is 2. The van der Waals surface area contributed by atoms with Crippen LogP contribution in [0.1, 0.15) is 48.0 Å². The zero-order valence-electron chi connectivity index (χ0n) is 22.2. The Kier molecular flexibility index (Phi) is 8.31. The lowest BCUT2D eigenvalue weighted by Crippen LogP contribution is -2.62. The van der Waals surface area contributed by atoms with Crippen molar-refractivity contribution in [3.8, 4) is 0 Å². The predicted octanol–water partition coefficient (Wildman–Crippen LogP) is 4.50. The Morgan fingerprint density at radius 3 is 2.15 bits per heavy atom. The molecular formula is C29H34ClF3N4O3. The van der Waals surface area contributed by atoms with Crippen molar-refractivity contribution in [2.75, 3.05) is 44.6 Å². The number of carbonyl (C=O) groups excluding carboxylic acids is 2. The summed E-state index contributed by atoms with van der Waals surface area (Å²) in [7, 11) is 0. The van der Waals surface area contributed by atoms with Gasteiger partial charge in [0.05, 0.1) is 16.6 Å². The summed E-state index contributed by atoms with van der Waals surface area (Å²) >= 11 is 6.46. The molecule has 2 aromatic rings. The number of nitrogens with one attached hydrogen (secondary N) is 1. The van der Waals surface area contributed by atoms with Crippen molar-refractivity contribution in [2.24, 2.45) is 0 Å². The highest BCUT2D eigenvalue weighted by Crippen LogP contribution is 2.41. The van der Waals surface area contributed by atoms with Crippen LogP contribution < -0.4 is 5.32 Å². The zero-order chi connectivity index (χ0) is 28.5. The topological polar surface area (TPSA) is 76.1 Å². The fraction of sp³-hybridized carbons (Fsp3) is 0.517. The van der Waals surface area contributed by atoms with Crippen LogP contribution in [0.5, 0.6) is 0 Å². The van der Waals surface area contributed by atoms with Crippen LogP contribution in [-0.4, -0.2) is 89.1 Å². The van der Waals surface area contributed by atoms with Gasteiger partial charge in [0.1, 0.15) is 0 Å². The summed E-state index contributed by atoms with van der Waals surface area (Å²) in [6, 6.07) is 12.3. The molecule has 11 heteroatoms. The summed E-state index contributed by atoms with van der Waals surface area (Å²) in [6.45, 7) is 3.31. The molecule has 1 atom stereocenters. The van der Waals surface area contributed by atoms with E-state index >= 15 is 0 Å². The second-order valence-corrected chi connectivity index (χ2v) is 11.3. The van der Waals surface area contributed by atoms with Crippen LogP contribution in [0.15, 0.2) is 48.5 Å². The van der Waals surface area contributed by atoms with Gasteiger partial charge in [-0.1, -0.05) is 41.9 Å². The number of piperidine rings is 2. The highest BCUT2D eigenvalue weighted by atomic mass is 35.5. The minimum atomic E-state index is -5.14. The zero-order valence-corrected chi connectivity index (χ0v) is 22.9. The van der Waals surface area contributed by atoms with Gasteiger partial charge in [-0.2, -0.15) is 13.2 Å². The molecule has 0 aliphatic carbocycles. The number of hydrogen-bond acceptors (Lipinski definition) is 5. The van der Waals surface area contributed by atoms with E-state index in [1.807, 2.05) is 11.0 Å². The molecule has 2 N–H and O–H groups in total. The molecule has 3 fully saturated rings. The molecule has 0 saturated carbocycles. The maximum absolute atomic E-state index is 13.9. The molecule has 0 aromatic heterocycles. The predicted molar refractivity (Wildman–Crippen MR) is 146 cm³/mol. The highest BCUT2D eigenvalue weighted by molar-refractivity contribution is 6.34. The average Bonchev–Trinajstić information content (AvgIpc) is 2.94. The van der Waals surface area contributed by atoms with Crippen LogP contribution >= 0.6 is 11.6 Å². The average molecular weight is 579 g/mol. The largest absolute Gasteiger partial charge is 0.430 e. The quantitative estimate of drug-likeness (QED) is 0.528. The van der Waals surface area contributed by atoms with E-state index in [-0.39, 0.29) is 31.1 Å². The van der Waals surface area contributed by atoms with Crippen LogP contribution in [0.4, 0.5) is 18.9 Å². The highest BCUT2D eigenvalue weighted by Gasteiger charge is 2.62. The minimum Gasteiger partial charge on any atom is -0.380 e. The first kappa shape index (κ1) is 28.7. The van der Waals surface area contributed by atoms with E-state index < -0.39 is 23.2 Å². The van der Waals surface area contributed by atoms with Crippen molar-refractivity contribution in [2.45, 2.75) is 56.0 Å². The first-order chi connectivity index (χ1) is 19.1. The van der Waals surface area contributed by atoms with Crippen molar-refractivity contribution in [1.82, 2.24) is 14.7 Å². The molecule has 3 saturated heterocycles. The van der Waals surface area contributed by atoms with Crippen LogP contribution in [0, 0.1) is 0 Å². The fourth-order valence-electron chi connectivity index (χ4n) is 5.93. The minimum absolute atomic E-state index is 0.0339. The van der Waals surface area contributed by atoms with Crippen LogP contribution in [0.3, 0.4) is 0 Å². The molecule has 40 heavy (non-hydrogen) atoms. The van der Waals surface area contributed by atoms with Crippen LogP contribution in [-0.2, 0) is 10.4 Å². The van der Waals surface area contributed by atoms with Gasteiger partial charge < -0.3 is 20.2 Å². The molecule has 2 amide bonds. The van der Waals surface area contributed by atoms with E-state index in [4.69, 9.17) is 11.6 Å². The number of likely N-dealkylation sites (tertiary alicyclic amines) is 3. The van der Waals surface area contributed by atoms with E-state index in [2.05, 4.69) is 10.2 Å².